The molecule has 27 heavy (non-hydrogen) atoms. The van der Waals surface area contributed by atoms with E-state index >= 15 is 0 Å². The van der Waals surface area contributed by atoms with Crippen molar-refractivity contribution >= 4 is 10.1 Å². The molecule has 152 valence electrons. The van der Waals surface area contributed by atoms with Crippen LogP contribution in [0.4, 0.5) is 0 Å². The van der Waals surface area contributed by atoms with Crippen molar-refractivity contribution in [2.75, 3.05) is 0 Å². The summed E-state index contributed by atoms with van der Waals surface area (Å²) in [5.41, 5.74) is 0. The molecule has 0 saturated heterocycles. The Kier molecular flexibility index (Phi) is 22.7. The van der Waals surface area contributed by atoms with Gasteiger partial charge in [0.1, 0.15) is 10.1 Å². The molecule has 0 aromatic heterocycles. The van der Waals surface area contributed by atoms with E-state index in [9.17, 15) is 13.0 Å². The zero-order valence-electron chi connectivity index (χ0n) is 17.9. The molecule has 0 radical (unpaired) electrons. The van der Waals surface area contributed by atoms with E-state index in [-0.39, 0.29) is 34.5 Å². The first kappa shape index (κ1) is 29.3. The second-order valence-corrected chi connectivity index (χ2v) is 8.39. The predicted molar refractivity (Wildman–Crippen MR) is 110 cm³/mol. The van der Waals surface area contributed by atoms with Crippen LogP contribution in [0.1, 0.15) is 104 Å². The molecule has 0 amide bonds. The molecule has 0 N–H and O–H groups in total. The van der Waals surface area contributed by atoms with Crippen molar-refractivity contribution in [2.45, 2.75) is 109 Å². The third-order valence-corrected chi connectivity index (χ3v) is 5.34. The summed E-state index contributed by atoms with van der Waals surface area (Å²) in [6.45, 7) is 4.58. The molecule has 0 atom stereocenters. The van der Waals surface area contributed by atoms with Crippen molar-refractivity contribution in [1.82, 2.24) is 0 Å². The van der Waals surface area contributed by atoms with Gasteiger partial charge in [0.05, 0.1) is 4.90 Å². The van der Waals surface area contributed by atoms with E-state index in [2.05, 4.69) is 13.8 Å². The van der Waals surface area contributed by atoms with E-state index in [0.717, 1.165) is 0 Å². The smallest absolute Gasteiger partial charge is 0.744 e. The summed E-state index contributed by atoms with van der Waals surface area (Å²) in [7, 11) is -4.25. The van der Waals surface area contributed by atoms with Crippen LogP contribution in [0, 0.1) is 0 Å². The van der Waals surface area contributed by atoms with Crippen molar-refractivity contribution < 1.29 is 42.5 Å². The van der Waals surface area contributed by atoms with Gasteiger partial charge in [-0.25, -0.2) is 8.42 Å². The summed E-state index contributed by atoms with van der Waals surface area (Å²) < 4.78 is 30.8. The standard InChI is InChI=1S/C16H34.C6H6O3S.Na/c1-3-5-7-9-11-13-15-16-14-12-10-8-6-4-2;7-10(8,9)6-4-2-1-3-5-6;/h3-16H2,1-2H3;1-5H,(H,7,8,9);/q;;+1/p-1. The van der Waals surface area contributed by atoms with Crippen LogP contribution < -0.4 is 29.6 Å². The molecule has 1 aromatic carbocycles. The minimum Gasteiger partial charge on any atom is -0.744 e. The Labute approximate surface area is 190 Å². The van der Waals surface area contributed by atoms with Gasteiger partial charge >= 0.3 is 29.6 Å². The van der Waals surface area contributed by atoms with Gasteiger partial charge in [-0.1, -0.05) is 122 Å². The van der Waals surface area contributed by atoms with Crippen LogP contribution in [0.3, 0.4) is 0 Å². The summed E-state index contributed by atoms with van der Waals surface area (Å²) in [6, 6.07) is 7.19. The Balaban J connectivity index is 0. The fraction of sp³-hybridized carbons (Fsp3) is 0.727. The quantitative estimate of drug-likeness (QED) is 0.266. The molecule has 0 unspecified atom stereocenters. The van der Waals surface area contributed by atoms with Crippen LogP contribution in [0.15, 0.2) is 35.2 Å². The summed E-state index contributed by atoms with van der Waals surface area (Å²) in [5.74, 6) is 0. The molecular formula is C22H39NaO3S. The Morgan fingerprint density at radius 3 is 1.15 bits per heavy atom. The van der Waals surface area contributed by atoms with Crippen LogP contribution in [0.2, 0.25) is 0 Å². The van der Waals surface area contributed by atoms with Gasteiger partial charge in [-0.2, -0.15) is 0 Å². The maximum absolute atomic E-state index is 10.3. The molecule has 1 rings (SSSR count). The summed E-state index contributed by atoms with van der Waals surface area (Å²) in [4.78, 5) is -0.185. The first-order chi connectivity index (χ1) is 12.5. The molecule has 0 aliphatic heterocycles. The normalized spacial score (nSPS) is 10.6. The van der Waals surface area contributed by atoms with Crippen LogP contribution in [-0.2, 0) is 10.1 Å². The fourth-order valence-corrected chi connectivity index (χ4v) is 3.35. The van der Waals surface area contributed by atoms with Crippen molar-refractivity contribution in [1.29, 1.82) is 0 Å². The van der Waals surface area contributed by atoms with Gasteiger partial charge in [0.2, 0.25) is 0 Å². The average Bonchev–Trinajstić information content (AvgIpc) is 2.63. The largest absolute Gasteiger partial charge is 1.00 e. The molecule has 0 fully saturated rings. The molecule has 0 aliphatic rings. The van der Waals surface area contributed by atoms with E-state index in [1.807, 2.05) is 0 Å². The van der Waals surface area contributed by atoms with Crippen LogP contribution in [-0.4, -0.2) is 13.0 Å². The molecule has 5 heteroatoms. The summed E-state index contributed by atoms with van der Waals surface area (Å²) >= 11 is 0. The molecule has 0 aliphatic carbocycles. The van der Waals surface area contributed by atoms with E-state index < -0.39 is 10.1 Å². The number of hydrogen-bond donors (Lipinski definition) is 0. The first-order valence-electron chi connectivity index (χ1n) is 10.5. The summed E-state index contributed by atoms with van der Waals surface area (Å²) in [5, 5.41) is 0. The van der Waals surface area contributed by atoms with Crippen molar-refractivity contribution in [3.05, 3.63) is 30.3 Å². The van der Waals surface area contributed by atoms with Gasteiger partial charge < -0.3 is 4.55 Å². The third-order valence-electron chi connectivity index (χ3n) is 4.49. The Morgan fingerprint density at radius 2 is 0.926 bits per heavy atom. The second kappa shape index (κ2) is 20.9. The predicted octanol–water partition coefficient (Wildman–Crippen LogP) is 4.08. The minimum atomic E-state index is -4.25. The van der Waals surface area contributed by atoms with Gasteiger partial charge in [-0.05, 0) is 12.1 Å². The molecule has 0 saturated carbocycles. The van der Waals surface area contributed by atoms with Crippen molar-refractivity contribution in [3.63, 3.8) is 0 Å². The maximum Gasteiger partial charge on any atom is 1.00 e. The summed E-state index contributed by atoms with van der Waals surface area (Å²) in [6.07, 6.45) is 20.4. The molecule has 3 nitrogen and oxygen atoms in total. The van der Waals surface area contributed by atoms with E-state index in [0.29, 0.717) is 0 Å². The maximum atomic E-state index is 10.3. The van der Waals surface area contributed by atoms with Crippen molar-refractivity contribution in [3.8, 4) is 0 Å². The SMILES string of the molecule is CCCCCCCCCCCCCCCC.O=S(=O)([O-])c1ccccc1.[Na+]. The minimum absolute atomic E-state index is 0. The van der Waals surface area contributed by atoms with Crippen LogP contribution in [0.25, 0.3) is 0 Å². The number of rotatable bonds is 14. The number of hydrogen-bond acceptors (Lipinski definition) is 3. The number of unbranched alkanes of at least 4 members (excludes halogenated alkanes) is 13. The average molecular weight is 407 g/mol. The second-order valence-electron chi connectivity index (χ2n) is 7.01. The molecule has 0 heterocycles. The van der Waals surface area contributed by atoms with Gasteiger partial charge in [-0.15, -0.1) is 0 Å². The van der Waals surface area contributed by atoms with Crippen LogP contribution in [0.5, 0.6) is 0 Å². The zero-order valence-corrected chi connectivity index (χ0v) is 20.7. The molecule has 0 bridgehead atoms. The Bertz CT molecular complexity index is 490. The number of benzene rings is 1. The fourth-order valence-electron chi connectivity index (χ4n) is 2.85. The van der Waals surface area contributed by atoms with Crippen LogP contribution >= 0.6 is 0 Å². The zero-order chi connectivity index (χ0) is 19.5. The van der Waals surface area contributed by atoms with E-state index in [1.54, 1.807) is 6.07 Å². The van der Waals surface area contributed by atoms with Crippen molar-refractivity contribution in [2.24, 2.45) is 0 Å². The first-order valence-corrected chi connectivity index (χ1v) is 11.9. The topological polar surface area (TPSA) is 57.2 Å². The van der Waals surface area contributed by atoms with Gasteiger partial charge in [0, 0.05) is 0 Å². The molecular weight excluding hydrogens is 367 g/mol. The molecule has 0 spiro atoms. The monoisotopic (exact) mass is 406 g/mol. The molecule has 1 aromatic rings. The van der Waals surface area contributed by atoms with E-state index in [4.69, 9.17) is 0 Å². The third kappa shape index (κ3) is 20.7. The van der Waals surface area contributed by atoms with E-state index in [1.165, 1.54) is 114 Å². The Hall–Kier alpha value is 0.130. The van der Waals surface area contributed by atoms with Gasteiger partial charge in [0.15, 0.2) is 0 Å². The Morgan fingerprint density at radius 1 is 0.630 bits per heavy atom. The van der Waals surface area contributed by atoms with Gasteiger partial charge in [-0.3, -0.25) is 0 Å². The van der Waals surface area contributed by atoms with Gasteiger partial charge in [0.25, 0.3) is 0 Å².